The van der Waals surface area contributed by atoms with Crippen LogP contribution in [-0.4, -0.2) is 18.4 Å². The van der Waals surface area contributed by atoms with Gasteiger partial charge in [0.1, 0.15) is 5.92 Å². The molecule has 128 valence electrons. The average Bonchev–Trinajstić information content (AvgIpc) is 2.45. The van der Waals surface area contributed by atoms with Crippen LogP contribution in [0.4, 0.5) is 8.78 Å². The van der Waals surface area contributed by atoms with Gasteiger partial charge in [-0.15, -0.1) is 0 Å². The molecule has 1 aliphatic carbocycles. The molecule has 0 aromatic rings. The fraction of sp³-hybridized carbons (Fsp3) is 0.833. The first-order chi connectivity index (χ1) is 10.4. The Hall–Kier alpha value is -0.930. The first-order valence-corrected chi connectivity index (χ1v) is 8.63. The van der Waals surface area contributed by atoms with Gasteiger partial charge in [0.25, 0.3) is 5.92 Å². The number of nitrogens with one attached hydrogen (secondary N) is 1. The number of ether oxygens (including phenoxy) is 1. The number of allylic oxidation sites excluding steroid dienone is 2. The molecule has 1 aliphatic rings. The van der Waals surface area contributed by atoms with E-state index in [4.69, 9.17) is 10.1 Å². The van der Waals surface area contributed by atoms with E-state index in [-0.39, 0.29) is 24.8 Å². The summed E-state index contributed by atoms with van der Waals surface area (Å²) >= 11 is 0. The van der Waals surface area contributed by atoms with E-state index in [2.05, 4.69) is 0 Å². The molecule has 0 bridgehead atoms. The molecule has 1 N–H and O–H groups in total. The Bertz CT molecular complexity index is 360. The summed E-state index contributed by atoms with van der Waals surface area (Å²) < 4.78 is 34.0. The lowest BCUT2D eigenvalue weighted by Gasteiger charge is -2.26. The minimum atomic E-state index is -3.01. The van der Waals surface area contributed by atoms with Crippen LogP contribution in [0.1, 0.15) is 65.7 Å². The summed E-state index contributed by atoms with van der Waals surface area (Å²) in [6.45, 7) is 5.77. The van der Waals surface area contributed by atoms with Gasteiger partial charge in [0.15, 0.2) is 5.90 Å². The average molecular weight is 315 g/mol. The zero-order chi connectivity index (χ0) is 16.6. The van der Waals surface area contributed by atoms with Gasteiger partial charge in [0.2, 0.25) is 0 Å². The number of hydrogen-bond acceptors (Lipinski definition) is 2. The summed E-state index contributed by atoms with van der Waals surface area (Å²) in [5.41, 5.74) is 0. The number of rotatable bonds is 8. The van der Waals surface area contributed by atoms with Crippen LogP contribution >= 0.6 is 0 Å². The highest BCUT2D eigenvalue weighted by Crippen LogP contribution is 2.34. The fourth-order valence-electron chi connectivity index (χ4n) is 3.12. The molecule has 0 radical (unpaired) electrons. The van der Waals surface area contributed by atoms with Crippen molar-refractivity contribution < 1.29 is 13.5 Å². The van der Waals surface area contributed by atoms with Crippen molar-refractivity contribution in [2.45, 2.75) is 71.6 Å². The van der Waals surface area contributed by atoms with Crippen LogP contribution in [0.25, 0.3) is 0 Å². The molecule has 1 unspecified atom stereocenters. The van der Waals surface area contributed by atoms with Gasteiger partial charge in [-0.3, -0.25) is 5.41 Å². The van der Waals surface area contributed by atoms with Crippen molar-refractivity contribution in [1.82, 2.24) is 0 Å². The molecule has 1 saturated carbocycles. The van der Waals surface area contributed by atoms with Crippen molar-refractivity contribution in [2.24, 2.45) is 17.8 Å². The maximum Gasteiger partial charge on any atom is 0.277 e. The van der Waals surface area contributed by atoms with Crippen LogP contribution in [-0.2, 0) is 4.74 Å². The van der Waals surface area contributed by atoms with Crippen molar-refractivity contribution in [3.8, 4) is 0 Å². The standard InChI is InChI=1S/C18H31F2NO/c1-4-22-17(21)16(13-14(2)3)18(19,20)12-8-11-15-9-6-5-7-10-15/h8,12,14-16,21H,4-7,9-11,13H2,1-3H3. The molecule has 1 fully saturated rings. The van der Waals surface area contributed by atoms with Crippen molar-refractivity contribution >= 4 is 5.90 Å². The number of halogens is 2. The Morgan fingerprint density at radius 1 is 1.27 bits per heavy atom. The number of alkyl halides is 2. The Labute approximate surface area is 133 Å². The summed E-state index contributed by atoms with van der Waals surface area (Å²) in [6, 6.07) is 0. The molecule has 0 spiro atoms. The van der Waals surface area contributed by atoms with Crippen molar-refractivity contribution in [3.05, 3.63) is 12.2 Å². The van der Waals surface area contributed by atoms with E-state index >= 15 is 0 Å². The molecule has 0 aromatic heterocycles. The summed E-state index contributed by atoms with van der Waals surface area (Å²) in [6.07, 6.45) is 9.66. The highest BCUT2D eigenvalue weighted by atomic mass is 19.3. The first-order valence-electron chi connectivity index (χ1n) is 8.63. The van der Waals surface area contributed by atoms with Crippen LogP contribution in [0, 0.1) is 23.2 Å². The van der Waals surface area contributed by atoms with Gasteiger partial charge in [0, 0.05) is 0 Å². The summed E-state index contributed by atoms with van der Waals surface area (Å²) in [7, 11) is 0. The molecule has 22 heavy (non-hydrogen) atoms. The van der Waals surface area contributed by atoms with Gasteiger partial charge >= 0.3 is 0 Å². The molecule has 0 amide bonds. The Balaban J connectivity index is 2.65. The molecular weight excluding hydrogens is 284 g/mol. The number of hydrogen-bond donors (Lipinski definition) is 1. The van der Waals surface area contributed by atoms with Gasteiger partial charge in [-0.05, 0) is 37.7 Å². The Morgan fingerprint density at radius 2 is 1.91 bits per heavy atom. The van der Waals surface area contributed by atoms with Crippen molar-refractivity contribution in [3.63, 3.8) is 0 Å². The van der Waals surface area contributed by atoms with Crippen LogP contribution in [0.5, 0.6) is 0 Å². The highest BCUT2D eigenvalue weighted by molar-refractivity contribution is 5.77. The third-order valence-corrected chi connectivity index (χ3v) is 4.32. The predicted octanol–water partition coefficient (Wildman–Crippen LogP) is 5.82. The maximum atomic E-state index is 14.5. The largest absolute Gasteiger partial charge is 0.481 e. The van der Waals surface area contributed by atoms with Crippen molar-refractivity contribution in [1.29, 1.82) is 5.41 Å². The van der Waals surface area contributed by atoms with E-state index in [0.29, 0.717) is 5.92 Å². The third kappa shape index (κ3) is 6.45. The SMILES string of the molecule is CCOC(=N)C(CC(C)C)C(F)(F)C=CCC1CCCCC1. The fourth-order valence-corrected chi connectivity index (χ4v) is 3.12. The summed E-state index contributed by atoms with van der Waals surface area (Å²) in [5, 5.41) is 7.79. The van der Waals surface area contributed by atoms with Crippen LogP contribution in [0.15, 0.2) is 12.2 Å². The zero-order valence-corrected chi connectivity index (χ0v) is 14.2. The molecule has 4 heteroatoms. The van der Waals surface area contributed by atoms with Crippen LogP contribution in [0.2, 0.25) is 0 Å². The Morgan fingerprint density at radius 3 is 2.45 bits per heavy atom. The monoisotopic (exact) mass is 315 g/mol. The van der Waals surface area contributed by atoms with Gasteiger partial charge in [-0.25, -0.2) is 8.78 Å². The lowest BCUT2D eigenvalue weighted by molar-refractivity contribution is 0.00126. The molecule has 0 saturated heterocycles. The normalized spacial score (nSPS) is 18.8. The molecular formula is C18H31F2NO. The molecule has 1 atom stereocenters. The smallest absolute Gasteiger partial charge is 0.277 e. The maximum absolute atomic E-state index is 14.5. The predicted molar refractivity (Wildman–Crippen MR) is 87.6 cm³/mol. The minimum Gasteiger partial charge on any atom is -0.481 e. The van der Waals surface area contributed by atoms with Crippen molar-refractivity contribution in [2.75, 3.05) is 6.61 Å². The quantitative estimate of drug-likeness (QED) is 0.341. The second-order valence-electron chi connectivity index (χ2n) is 6.80. The molecule has 0 aliphatic heterocycles. The van der Waals surface area contributed by atoms with Gasteiger partial charge in [0.05, 0.1) is 6.61 Å². The van der Waals surface area contributed by atoms with Gasteiger partial charge in [-0.2, -0.15) is 0 Å². The minimum absolute atomic E-state index is 0.100. The zero-order valence-electron chi connectivity index (χ0n) is 14.2. The first kappa shape index (κ1) is 19.1. The van der Waals surface area contributed by atoms with E-state index in [1.54, 1.807) is 13.0 Å². The van der Waals surface area contributed by atoms with E-state index < -0.39 is 11.8 Å². The van der Waals surface area contributed by atoms with E-state index in [9.17, 15) is 8.78 Å². The van der Waals surface area contributed by atoms with E-state index in [1.807, 2.05) is 13.8 Å². The molecule has 0 aromatic carbocycles. The molecule has 1 rings (SSSR count). The molecule has 2 nitrogen and oxygen atoms in total. The van der Waals surface area contributed by atoms with E-state index in [0.717, 1.165) is 25.3 Å². The van der Waals surface area contributed by atoms with Crippen LogP contribution in [0.3, 0.4) is 0 Å². The lowest BCUT2D eigenvalue weighted by Crippen LogP contribution is -2.35. The van der Waals surface area contributed by atoms with E-state index in [1.165, 1.54) is 19.3 Å². The van der Waals surface area contributed by atoms with Gasteiger partial charge in [-0.1, -0.05) is 52.0 Å². The molecule has 0 heterocycles. The van der Waals surface area contributed by atoms with Gasteiger partial charge < -0.3 is 4.74 Å². The Kier molecular flexibility index (Phi) is 8.05. The third-order valence-electron chi connectivity index (χ3n) is 4.32. The summed E-state index contributed by atoms with van der Waals surface area (Å²) in [5.74, 6) is -3.80. The highest BCUT2D eigenvalue weighted by Gasteiger charge is 2.41. The lowest BCUT2D eigenvalue weighted by atomic mass is 9.86. The second kappa shape index (κ2) is 9.26. The summed E-state index contributed by atoms with van der Waals surface area (Å²) in [4.78, 5) is 0. The van der Waals surface area contributed by atoms with Crippen LogP contribution < -0.4 is 0 Å². The topological polar surface area (TPSA) is 33.1 Å². The second-order valence-corrected chi connectivity index (χ2v) is 6.80.